The molecule has 0 aliphatic heterocycles. The first-order valence-electron chi connectivity index (χ1n) is 8.44. The minimum absolute atomic E-state index is 0.875. The number of aryl methyl sites for hydroxylation is 1. The van der Waals surface area contributed by atoms with Gasteiger partial charge in [-0.25, -0.2) is 0 Å². The Labute approximate surface area is 164 Å². The van der Waals surface area contributed by atoms with Crippen LogP contribution in [-0.2, 0) is 0 Å². The second-order valence-electron chi connectivity index (χ2n) is 6.16. The largest absolute Gasteiger partial charge is 0.497 e. The van der Waals surface area contributed by atoms with Gasteiger partial charge in [-0.2, -0.15) is 0 Å². The lowest BCUT2D eigenvalue weighted by molar-refractivity contribution is 0.415. The molecule has 0 aromatic heterocycles. The zero-order valence-corrected chi connectivity index (χ0v) is 17.8. The van der Waals surface area contributed by atoms with Gasteiger partial charge < -0.3 is 9.47 Å². The summed E-state index contributed by atoms with van der Waals surface area (Å²) in [6.45, 7) is 2.12. The molecule has 0 aliphatic rings. The van der Waals surface area contributed by atoms with Crippen LogP contribution in [0.4, 0.5) is 0 Å². The molecule has 0 heterocycles. The third-order valence-electron chi connectivity index (χ3n) is 4.68. The lowest BCUT2D eigenvalue weighted by Crippen LogP contribution is -2.32. The number of benzene rings is 3. The summed E-state index contributed by atoms with van der Waals surface area (Å²) in [5.74, 6) is 1.75. The van der Waals surface area contributed by atoms with Gasteiger partial charge in [0.15, 0.2) is 0 Å². The topological polar surface area (TPSA) is 18.5 Å². The zero-order chi connectivity index (χ0) is 18.6. The van der Waals surface area contributed by atoms with E-state index < -0.39 is 7.26 Å². The monoisotopic (exact) mass is 429 g/mol. The maximum Gasteiger partial charge on any atom is 0.127 e. The van der Waals surface area contributed by atoms with Crippen molar-refractivity contribution in [1.29, 1.82) is 0 Å². The number of halogens is 1. The summed E-state index contributed by atoms with van der Waals surface area (Å²) in [5, 5.41) is 4.88. The van der Waals surface area contributed by atoms with Gasteiger partial charge in [-0.3, -0.25) is 0 Å². The maximum atomic E-state index is 5.36. The second kappa shape index (κ2) is 8.24. The Balaban J connectivity index is 2.22. The van der Waals surface area contributed by atoms with Crippen molar-refractivity contribution < 1.29 is 9.47 Å². The first-order valence-corrected chi connectivity index (χ1v) is 11.5. The van der Waals surface area contributed by atoms with Crippen molar-refractivity contribution in [2.75, 3.05) is 19.3 Å². The summed E-state index contributed by atoms with van der Waals surface area (Å²) in [5.41, 5.74) is 1.27. The van der Waals surface area contributed by atoms with Crippen molar-refractivity contribution in [3.05, 3.63) is 78.4 Å². The molecule has 0 amide bonds. The molecule has 3 rings (SSSR count). The van der Waals surface area contributed by atoms with E-state index in [2.05, 4.69) is 71.4 Å². The van der Waals surface area contributed by atoms with Gasteiger partial charge in [0.05, 0.1) is 14.2 Å². The van der Waals surface area contributed by atoms with Crippen LogP contribution in [0.15, 0.2) is 72.8 Å². The SMILES string of the molecule is COc1ccc([P+](CBr)(c2ccc(C)cc2)c2ccc(OC)cc2)cc1. The van der Waals surface area contributed by atoms with E-state index in [-0.39, 0.29) is 0 Å². The Kier molecular flexibility index (Phi) is 6.01. The van der Waals surface area contributed by atoms with Crippen LogP contribution >= 0.6 is 23.2 Å². The van der Waals surface area contributed by atoms with Gasteiger partial charge in [-0.05, 0) is 83.5 Å². The molecule has 26 heavy (non-hydrogen) atoms. The highest BCUT2D eigenvalue weighted by molar-refractivity contribution is 9.10. The molecule has 134 valence electrons. The highest BCUT2D eigenvalue weighted by Gasteiger charge is 2.44. The fourth-order valence-electron chi connectivity index (χ4n) is 3.13. The molecule has 2 nitrogen and oxygen atoms in total. The van der Waals surface area contributed by atoms with Gasteiger partial charge in [0.2, 0.25) is 0 Å². The molecule has 0 saturated heterocycles. The van der Waals surface area contributed by atoms with E-state index in [1.165, 1.54) is 21.5 Å². The first-order chi connectivity index (χ1) is 12.6. The quantitative estimate of drug-likeness (QED) is 0.419. The first kappa shape index (κ1) is 18.9. The number of methoxy groups -OCH3 is 2. The van der Waals surface area contributed by atoms with Crippen molar-refractivity contribution in [1.82, 2.24) is 0 Å². The Hall–Kier alpha value is -1.83. The molecule has 4 heteroatoms. The van der Waals surface area contributed by atoms with Crippen LogP contribution in [0.3, 0.4) is 0 Å². The summed E-state index contributed by atoms with van der Waals surface area (Å²) in [6.07, 6.45) is 0. The molecule has 0 spiro atoms. The van der Waals surface area contributed by atoms with E-state index in [9.17, 15) is 0 Å². The number of rotatable bonds is 6. The minimum Gasteiger partial charge on any atom is -0.497 e. The van der Waals surface area contributed by atoms with Crippen LogP contribution < -0.4 is 25.4 Å². The third kappa shape index (κ3) is 3.51. The van der Waals surface area contributed by atoms with E-state index in [1.807, 2.05) is 24.3 Å². The Morgan fingerprint density at radius 1 is 0.654 bits per heavy atom. The molecule has 0 aliphatic carbocycles. The molecular formula is C22H23BrO2P+. The molecule has 0 unspecified atom stereocenters. The lowest BCUT2D eigenvalue weighted by Gasteiger charge is -2.26. The van der Waals surface area contributed by atoms with Gasteiger partial charge in [0, 0.05) is 0 Å². The zero-order valence-electron chi connectivity index (χ0n) is 15.3. The minimum atomic E-state index is -1.81. The number of alkyl halides is 1. The normalized spacial score (nSPS) is 11.2. The van der Waals surface area contributed by atoms with Gasteiger partial charge in [0.25, 0.3) is 0 Å². The maximum absolute atomic E-state index is 5.36. The second-order valence-corrected chi connectivity index (χ2v) is 11.1. The van der Waals surface area contributed by atoms with Crippen LogP contribution in [0, 0.1) is 6.92 Å². The van der Waals surface area contributed by atoms with Crippen molar-refractivity contribution >= 4 is 39.1 Å². The number of hydrogen-bond acceptors (Lipinski definition) is 2. The van der Waals surface area contributed by atoms with Crippen molar-refractivity contribution in [2.45, 2.75) is 6.92 Å². The number of hydrogen-bond donors (Lipinski definition) is 0. The molecule has 0 bridgehead atoms. The van der Waals surface area contributed by atoms with Crippen LogP contribution in [0.2, 0.25) is 0 Å². The van der Waals surface area contributed by atoms with Crippen LogP contribution in [0.1, 0.15) is 5.56 Å². The Bertz CT molecular complexity index is 795. The van der Waals surface area contributed by atoms with Gasteiger partial charge in [-0.1, -0.05) is 17.7 Å². The smallest absolute Gasteiger partial charge is 0.127 e. The van der Waals surface area contributed by atoms with E-state index >= 15 is 0 Å². The van der Waals surface area contributed by atoms with Crippen LogP contribution in [-0.4, -0.2) is 19.3 Å². The van der Waals surface area contributed by atoms with Crippen LogP contribution in [0.25, 0.3) is 0 Å². The molecule has 0 atom stereocenters. The summed E-state index contributed by atoms with van der Waals surface area (Å²) >= 11 is 3.86. The number of ether oxygens (including phenoxy) is 2. The van der Waals surface area contributed by atoms with E-state index in [1.54, 1.807) is 14.2 Å². The molecule has 0 saturated carbocycles. The predicted molar refractivity (Wildman–Crippen MR) is 117 cm³/mol. The van der Waals surface area contributed by atoms with Crippen molar-refractivity contribution in [3.8, 4) is 11.5 Å². The van der Waals surface area contributed by atoms with E-state index in [0.29, 0.717) is 0 Å². The molecule has 0 radical (unpaired) electrons. The highest BCUT2D eigenvalue weighted by Crippen LogP contribution is 2.56. The Morgan fingerprint density at radius 3 is 1.31 bits per heavy atom. The molecule has 0 N–H and O–H groups in total. The fraction of sp³-hybridized carbons (Fsp3) is 0.182. The summed E-state index contributed by atoms with van der Waals surface area (Å²) in [4.78, 5) is 0. The summed E-state index contributed by atoms with van der Waals surface area (Å²) < 4.78 is 10.7. The van der Waals surface area contributed by atoms with Crippen molar-refractivity contribution in [3.63, 3.8) is 0 Å². The highest BCUT2D eigenvalue weighted by atomic mass is 79.9. The average Bonchev–Trinajstić information content (AvgIpc) is 2.71. The summed E-state index contributed by atoms with van der Waals surface area (Å²) in [6, 6.07) is 25.9. The van der Waals surface area contributed by atoms with Crippen LogP contribution in [0.5, 0.6) is 11.5 Å². The average molecular weight is 430 g/mol. The molecular weight excluding hydrogens is 407 g/mol. The third-order valence-corrected chi connectivity index (χ3v) is 10.8. The van der Waals surface area contributed by atoms with Gasteiger partial charge >= 0.3 is 0 Å². The van der Waals surface area contributed by atoms with E-state index in [0.717, 1.165) is 16.6 Å². The molecule has 3 aromatic carbocycles. The molecule has 3 aromatic rings. The standard InChI is InChI=1S/C22H23BrO2P/c1-17-4-10-20(11-5-17)26(16-23,21-12-6-18(24-2)7-13-21)22-14-8-19(25-3)9-15-22/h4-15H,16H2,1-3H3/q+1. The lowest BCUT2D eigenvalue weighted by atomic mass is 10.2. The van der Waals surface area contributed by atoms with Gasteiger partial charge in [0.1, 0.15) is 39.7 Å². The fourth-order valence-corrected chi connectivity index (χ4v) is 9.02. The van der Waals surface area contributed by atoms with Crippen molar-refractivity contribution in [2.24, 2.45) is 0 Å². The summed E-state index contributed by atoms with van der Waals surface area (Å²) in [7, 11) is 1.59. The van der Waals surface area contributed by atoms with Gasteiger partial charge in [-0.15, -0.1) is 0 Å². The predicted octanol–water partition coefficient (Wildman–Crippen LogP) is 4.66. The Morgan fingerprint density at radius 2 is 1.00 bits per heavy atom. The molecule has 0 fully saturated rings. The van der Waals surface area contributed by atoms with E-state index in [4.69, 9.17) is 9.47 Å².